The Bertz CT molecular complexity index is 773. The van der Waals surface area contributed by atoms with Gasteiger partial charge >= 0.3 is 6.09 Å². The van der Waals surface area contributed by atoms with Gasteiger partial charge in [-0.2, -0.15) is 0 Å². The molecule has 2 N–H and O–H groups in total. The lowest BCUT2D eigenvalue weighted by Gasteiger charge is -2.24. The van der Waals surface area contributed by atoms with Crippen molar-refractivity contribution in [3.05, 3.63) is 66.2 Å². The number of alkyl carbamates (subject to hydrolysis) is 1. The molecule has 0 saturated carbocycles. The van der Waals surface area contributed by atoms with Crippen LogP contribution in [0.1, 0.15) is 26.3 Å². The van der Waals surface area contributed by atoms with Crippen LogP contribution in [0.5, 0.6) is 0 Å². The second-order valence-corrected chi connectivity index (χ2v) is 7.94. The lowest BCUT2D eigenvalue weighted by Crippen LogP contribution is -2.50. The van der Waals surface area contributed by atoms with Crippen molar-refractivity contribution in [1.82, 2.24) is 10.6 Å². The van der Waals surface area contributed by atoms with Gasteiger partial charge in [-0.25, -0.2) is 4.79 Å². The molecule has 6 heteroatoms. The summed E-state index contributed by atoms with van der Waals surface area (Å²) in [5.41, 5.74) is 1.41. The molecule has 0 saturated heterocycles. The van der Waals surface area contributed by atoms with Crippen molar-refractivity contribution in [2.24, 2.45) is 0 Å². The molecule has 2 aromatic carbocycles. The molecular formula is C23H31N3O3. The Hall–Kier alpha value is -3.02. The third-order valence-corrected chi connectivity index (χ3v) is 4.23. The van der Waals surface area contributed by atoms with E-state index < -0.39 is 17.7 Å². The predicted octanol–water partition coefficient (Wildman–Crippen LogP) is 3.38. The normalized spacial score (nSPS) is 12.0. The van der Waals surface area contributed by atoms with Crippen molar-refractivity contribution in [2.75, 3.05) is 25.0 Å². The van der Waals surface area contributed by atoms with Crippen LogP contribution in [0.3, 0.4) is 0 Å². The summed E-state index contributed by atoms with van der Waals surface area (Å²) < 4.78 is 5.32. The zero-order valence-electron chi connectivity index (χ0n) is 17.6. The van der Waals surface area contributed by atoms with E-state index in [-0.39, 0.29) is 5.91 Å². The topological polar surface area (TPSA) is 70.7 Å². The highest BCUT2D eigenvalue weighted by Crippen LogP contribution is 2.10. The van der Waals surface area contributed by atoms with Gasteiger partial charge in [-0.3, -0.25) is 4.79 Å². The fraction of sp³-hybridized carbons (Fsp3) is 0.391. The van der Waals surface area contributed by atoms with Crippen LogP contribution in [0, 0.1) is 0 Å². The fourth-order valence-corrected chi connectivity index (χ4v) is 2.79. The SMILES string of the molecule is CN(CCNC(=O)C(Cc1ccccc1)NC(=O)OC(C)(C)C)c1ccccc1. The smallest absolute Gasteiger partial charge is 0.408 e. The quantitative estimate of drug-likeness (QED) is 0.716. The first-order valence-corrected chi connectivity index (χ1v) is 9.82. The van der Waals surface area contributed by atoms with Crippen LogP contribution in [0.25, 0.3) is 0 Å². The first-order valence-electron chi connectivity index (χ1n) is 9.82. The molecule has 6 nitrogen and oxygen atoms in total. The van der Waals surface area contributed by atoms with Gasteiger partial charge < -0.3 is 20.3 Å². The Labute approximate surface area is 173 Å². The Morgan fingerprint density at radius 1 is 1.00 bits per heavy atom. The number of hydrogen-bond acceptors (Lipinski definition) is 4. The van der Waals surface area contributed by atoms with Gasteiger partial charge in [-0.15, -0.1) is 0 Å². The molecule has 0 aromatic heterocycles. The minimum absolute atomic E-state index is 0.235. The van der Waals surface area contributed by atoms with Crippen LogP contribution in [0.2, 0.25) is 0 Å². The number of hydrogen-bond donors (Lipinski definition) is 2. The summed E-state index contributed by atoms with van der Waals surface area (Å²) in [5.74, 6) is -0.235. The van der Waals surface area contributed by atoms with Crippen molar-refractivity contribution < 1.29 is 14.3 Å². The van der Waals surface area contributed by atoms with Crippen LogP contribution in [0.4, 0.5) is 10.5 Å². The van der Waals surface area contributed by atoms with E-state index in [1.165, 1.54) is 0 Å². The molecule has 0 aliphatic carbocycles. The summed E-state index contributed by atoms with van der Waals surface area (Å²) in [4.78, 5) is 27.0. The highest BCUT2D eigenvalue weighted by Gasteiger charge is 2.24. The lowest BCUT2D eigenvalue weighted by molar-refractivity contribution is -0.123. The van der Waals surface area contributed by atoms with E-state index in [0.29, 0.717) is 19.5 Å². The molecule has 1 unspecified atom stereocenters. The summed E-state index contributed by atoms with van der Waals surface area (Å²) in [7, 11) is 1.97. The number of likely N-dealkylation sites (N-methyl/N-ethyl adjacent to an activating group) is 1. The number of ether oxygens (including phenoxy) is 1. The highest BCUT2D eigenvalue weighted by molar-refractivity contribution is 5.86. The van der Waals surface area contributed by atoms with E-state index in [4.69, 9.17) is 4.74 Å². The van der Waals surface area contributed by atoms with Gasteiger partial charge in [0.2, 0.25) is 5.91 Å². The van der Waals surface area contributed by atoms with E-state index in [0.717, 1.165) is 11.3 Å². The minimum Gasteiger partial charge on any atom is -0.444 e. The van der Waals surface area contributed by atoms with Crippen LogP contribution >= 0.6 is 0 Å². The Morgan fingerprint density at radius 3 is 2.17 bits per heavy atom. The molecule has 0 aliphatic rings. The molecule has 2 amide bonds. The molecule has 2 rings (SSSR count). The Balaban J connectivity index is 1.95. The van der Waals surface area contributed by atoms with E-state index in [2.05, 4.69) is 15.5 Å². The third-order valence-electron chi connectivity index (χ3n) is 4.23. The predicted molar refractivity (Wildman–Crippen MR) is 116 cm³/mol. The summed E-state index contributed by atoms with van der Waals surface area (Å²) in [6, 6.07) is 18.8. The molecule has 0 spiro atoms. The number of benzene rings is 2. The number of nitrogens with zero attached hydrogens (tertiary/aromatic N) is 1. The summed E-state index contributed by atoms with van der Waals surface area (Å²) in [6.07, 6.45) is -0.213. The monoisotopic (exact) mass is 397 g/mol. The first kappa shape index (κ1) is 22.3. The summed E-state index contributed by atoms with van der Waals surface area (Å²) in [6.45, 7) is 6.49. The molecule has 0 radical (unpaired) electrons. The molecule has 0 bridgehead atoms. The number of amides is 2. The molecule has 0 heterocycles. The van der Waals surface area contributed by atoms with Crippen LogP contribution in [-0.2, 0) is 16.0 Å². The Kier molecular flexibility index (Phi) is 8.07. The summed E-state index contributed by atoms with van der Waals surface area (Å²) >= 11 is 0. The Morgan fingerprint density at radius 2 is 1.59 bits per heavy atom. The van der Waals surface area contributed by atoms with E-state index >= 15 is 0 Å². The van der Waals surface area contributed by atoms with E-state index in [1.54, 1.807) is 20.8 Å². The molecule has 0 aliphatic heterocycles. The van der Waals surface area contributed by atoms with Gasteiger partial charge in [0.05, 0.1) is 0 Å². The number of rotatable bonds is 8. The van der Waals surface area contributed by atoms with Gasteiger partial charge in [0, 0.05) is 32.2 Å². The van der Waals surface area contributed by atoms with Crippen molar-refractivity contribution >= 4 is 17.7 Å². The fourth-order valence-electron chi connectivity index (χ4n) is 2.79. The largest absolute Gasteiger partial charge is 0.444 e. The first-order chi connectivity index (χ1) is 13.7. The average Bonchev–Trinajstić information content (AvgIpc) is 2.67. The van der Waals surface area contributed by atoms with Crippen molar-refractivity contribution in [1.29, 1.82) is 0 Å². The van der Waals surface area contributed by atoms with Gasteiger partial charge in [0.15, 0.2) is 0 Å². The van der Waals surface area contributed by atoms with E-state index in [9.17, 15) is 9.59 Å². The van der Waals surface area contributed by atoms with Crippen LogP contribution in [0.15, 0.2) is 60.7 Å². The molecule has 0 fully saturated rings. The number of nitrogens with one attached hydrogen (secondary N) is 2. The number of carbonyl (C=O) groups is 2. The minimum atomic E-state index is -0.714. The van der Waals surface area contributed by atoms with Gasteiger partial charge in [-0.1, -0.05) is 48.5 Å². The zero-order chi connectivity index (χ0) is 21.3. The molecule has 1 atom stereocenters. The van der Waals surface area contributed by atoms with Crippen molar-refractivity contribution in [3.8, 4) is 0 Å². The second-order valence-electron chi connectivity index (χ2n) is 7.94. The number of carbonyl (C=O) groups excluding carboxylic acids is 2. The zero-order valence-corrected chi connectivity index (χ0v) is 17.6. The average molecular weight is 398 g/mol. The maximum absolute atomic E-state index is 12.8. The second kappa shape index (κ2) is 10.5. The van der Waals surface area contributed by atoms with Crippen LogP contribution < -0.4 is 15.5 Å². The van der Waals surface area contributed by atoms with Crippen LogP contribution in [-0.4, -0.2) is 43.8 Å². The molecule has 29 heavy (non-hydrogen) atoms. The molecule has 2 aromatic rings. The van der Waals surface area contributed by atoms with E-state index in [1.807, 2.05) is 67.7 Å². The van der Waals surface area contributed by atoms with Gasteiger partial charge in [0.1, 0.15) is 11.6 Å². The molecular weight excluding hydrogens is 366 g/mol. The maximum Gasteiger partial charge on any atom is 0.408 e. The van der Waals surface area contributed by atoms with Gasteiger partial charge in [0.25, 0.3) is 0 Å². The van der Waals surface area contributed by atoms with Crippen molar-refractivity contribution in [2.45, 2.75) is 38.8 Å². The third kappa shape index (κ3) is 8.25. The lowest BCUT2D eigenvalue weighted by atomic mass is 10.1. The number of anilines is 1. The summed E-state index contributed by atoms with van der Waals surface area (Å²) in [5, 5.41) is 5.63. The molecule has 156 valence electrons. The maximum atomic E-state index is 12.8. The standard InChI is InChI=1S/C23H31N3O3/c1-23(2,3)29-22(28)25-20(17-18-11-7-5-8-12-18)21(27)24-15-16-26(4)19-13-9-6-10-14-19/h5-14,20H,15-17H2,1-4H3,(H,24,27)(H,25,28). The number of para-hydroxylation sites is 1. The van der Waals surface area contributed by atoms with Gasteiger partial charge in [-0.05, 0) is 38.5 Å². The van der Waals surface area contributed by atoms with Crippen molar-refractivity contribution in [3.63, 3.8) is 0 Å². The highest BCUT2D eigenvalue weighted by atomic mass is 16.6.